The number of hydrogen-bond donors (Lipinski definition) is 2. The Morgan fingerprint density at radius 1 is 1.42 bits per heavy atom. The van der Waals surface area contributed by atoms with Gasteiger partial charge >= 0.3 is 12.5 Å². The van der Waals surface area contributed by atoms with E-state index in [0.29, 0.717) is 0 Å². The highest BCUT2D eigenvalue weighted by molar-refractivity contribution is 6.32. The maximum Gasteiger partial charge on any atom is 0.573 e. The zero-order chi connectivity index (χ0) is 14.5. The van der Waals surface area contributed by atoms with Crippen LogP contribution in [0.4, 0.5) is 18.0 Å². The summed E-state index contributed by atoms with van der Waals surface area (Å²) < 4.78 is 44.6. The van der Waals surface area contributed by atoms with E-state index in [1.54, 1.807) is 0 Å². The molecule has 1 aromatic rings. The van der Waals surface area contributed by atoms with Crippen molar-refractivity contribution in [2.24, 2.45) is 0 Å². The van der Waals surface area contributed by atoms with Crippen LogP contribution in [-0.4, -0.2) is 30.7 Å². The van der Waals surface area contributed by atoms with Crippen molar-refractivity contribution in [3.63, 3.8) is 0 Å². The predicted octanol–water partition coefficient (Wildman–Crippen LogP) is 2.89. The minimum absolute atomic E-state index is 0.00844. The first-order chi connectivity index (χ1) is 8.78. The van der Waals surface area contributed by atoms with Crippen molar-refractivity contribution in [2.75, 3.05) is 13.2 Å². The molecule has 0 heterocycles. The maximum atomic E-state index is 11.9. The van der Waals surface area contributed by atoms with E-state index in [4.69, 9.17) is 21.4 Å². The van der Waals surface area contributed by atoms with Gasteiger partial charge in [-0.3, -0.25) is 0 Å². The molecule has 1 amide bonds. The molecule has 1 aromatic carbocycles. The SMILES string of the molecule is O=C(O)NCCOc1ccc(OC(F)(F)F)cc1Cl. The Morgan fingerprint density at radius 2 is 2.11 bits per heavy atom. The van der Waals surface area contributed by atoms with Gasteiger partial charge in [0.15, 0.2) is 0 Å². The molecule has 5 nitrogen and oxygen atoms in total. The summed E-state index contributed by atoms with van der Waals surface area (Å²) in [6.45, 7) is 0.0119. The predicted molar refractivity (Wildman–Crippen MR) is 59.7 cm³/mol. The quantitative estimate of drug-likeness (QED) is 0.820. The van der Waals surface area contributed by atoms with E-state index in [1.165, 1.54) is 6.07 Å². The lowest BCUT2D eigenvalue weighted by Gasteiger charge is -2.11. The topological polar surface area (TPSA) is 67.8 Å². The number of rotatable bonds is 5. The average Bonchev–Trinajstić information content (AvgIpc) is 2.24. The van der Waals surface area contributed by atoms with Crippen molar-refractivity contribution in [3.8, 4) is 11.5 Å². The van der Waals surface area contributed by atoms with Crippen molar-refractivity contribution < 1.29 is 32.5 Å². The highest BCUT2D eigenvalue weighted by atomic mass is 35.5. The standard InChI is InChI=1S/C10H9ClF3NO4/c11-7-5-6(19-10(12,13)14)1-2-8(7)18-4-3-15-9(16)17/h1-2,5,15H,3-4H2,(H,16,17). The summed E-state index contributed by atoms with van der Waals surface area (Å²) in [5.41, 5.74) is 0. The van der Waals surface area contributed by atoms with E-state index >= 15 is 0 Å². The molecule has 0 atom stereocenters. The van der Waals surface area contributed by atoms with Gasteiger partial charge in [-0.2, -0.15) is 0 Å². The molecule has 19 heavy (non-hydrogen) atoms. The Hall–Kier alpha value is -1.83. The molecule has 0 radical (unpaired) electrons. The fourth-order valence-electron chi connectivity index (χ4n) is 1.11. The van der Waals surface area contributed by atoms with Crippen molar-refractivity contribution in [3.05, 3.63) is 23.2 Å². The first-order valence-corrected chi connectivity index (χ1v) is 5.30. The van der Waals surface area contributed by atoms with Crippen molar-refractivity contribution >= 4 is 17.7 Å². The largest absolute Gasteiger partial charge is 0.573 e. The maximum absolute atomic E-state index is 11.9. The Morgan fingerprint density at radius 3 is 2.63 bits per heavy atom. The minimum Gasteiger partial charge on any atom is -0.490 e. The molecule has 0 bridgehead atoms. The smallest absolute Gasteiger partial charge is 0.490 e. The van der Waals surface area contributed by atoms with E-state index in [0.717, 1.165) is 12.1 Å². The van der Waals surface area contributed by atoms with Crippen LogP contribution in [0.5, 0.6) is 11.5 Å². The van der Waals surface area contributed by atoms with Crippen LogP contribution in [0.3, 0.4) is 0 Å². The molecule has 1 rings (SSSR count). The zero-order valence-electron chi connectivity index (χ0n) is 9.33. The summed E-state index contributed by atoms with van der Waals surface area (Å²) in [7, 11) is 0. The van der Waals surface area contributed by atoms with Crippen LogP contribution < -0.4 is 14.8 Å². The van der Waals surface area contributed by atoms with Crippen molar-refractivity contribution in [1.82, 2.24) is 5.32 Å². The van der Waals surface area contributed by atoms with E-state index in [2.05, 4.69) is 10.1 Å². The van der Waals surface area contributed by atoms with E-state index in [1.807, 2.05) is 0 Å². The van der Waals surface area contributed by atoms with Gasteiger partial charge in [0.2, 0.25) is 0 Å². The third-order valence-electron chi connectivity index (χ3n) is 1.77. The number of amides is 1. The zero-order valence-corrected chi connectivity index (χ0v) is 10.1. The van der Waals surface area contributed by atoms with Crippen LogP contribution in [0.15, 0.2) is 18.2 Å². The number of alkyl halides is 3. The fourth-order valence-corrected chi connectivity index (χ4v) is 1.34. The molecule has 0 saturated carbocycles. The van der Waals surface area contributed by atoms with E-state index in [9.17, 15) is 18.0 Å². The van der Waals surface area contributed by atoms with Crippen LogP contribution in [0.2, 0.25) is 5.02 Å². The van der Waals surface area contributed by atoms with Crippen LogP contribution in [-0.2, 0) is 0 Å². The molecule has 0 aliphatic carbocycles. The molecule has 0 aromatic heterocycles. The Bertz CT molecular complexity index is 453. The summed E-state index contributed by atoms with van der Waals surface area (Å²) in [4.78, 5) is 10.1. The lowest BCUT2D eigenvalue weighted by Crippen LogP contribution is -2.26. The van der Waals surface area contributed by atoms with Gasteiger partial charge < -0.3 is 19.9 Å². The molecule has 0 spiro atoms. The highest BCUT2D eigenvalue weighted by Gasteiger charge is 2.31. The van der Waals surface area contributed by atoms with Crippen molar-refractivity contribution in [2.45, 2.75) is 6.36 Å². The third kappa shape index (κ3) is 6.05. The minimum atomic E-state index is -4.79. The molecule has 0 aliphatic rings. The van der Waals surface area contributed by atoms with Crippen LogP contribution in [0, 0.1) is 0 Å². The summed E-state index contributed by atoms with van der Waals surface area (Å²) >= 11 is 5.69. The Balaban J connectivity index is 2.55. The normalized spacial score (nSPS) is 10.9. The first kappa shape index (κ1) is 15.2. The van der Waals surface area contributed by atoms with Gasteiger partial charge in [0.25, 0.3) is 0 Å². The number of halogens is 4. The van der Waals surface area contributed by atoms with Crippen LogP contribution >= 0.6 is 11.6 Å². The molecule has 9 heteroatoms. The van der Waals surface area contributed by atoms with E-state index < -0.39 is 18.2 Å². The van der Waals surface area contributed by atoms with Gasteiger partial charge in [0.05, 0.1) is 11.6 Å². The van der Waals surface area contributed by atoms with Crippen LogP contribution in [0.1, 0.15) is 0 Å². The number of ether oxygens (including phenoxy) is 2. The molecule has 0 fully saturated rings. The number of hydrogen-bond acceptors (Lipinski definition) is 3. The monoisotopic (exact) mass is 299 g/mol. The summed E-state index contributed by atoms with van der Waals surface area (Å²) in [5, 5.41) is 10.3. The molecule has 106 valence electrons. The molecular formula is C10H9ClF3NO4. The second-order valence-electron chi connectivity index (χ2n) is 3.22. The van der Waals surface area contributed by atoms with Gasteiger partial charge in [0, 0.05) is 6.07 Å². The highest BCUT2D eigenvalue weighted by Crippen LogP contribution is 2.31. The number of nitrogens with one attached hydrogen (secondary N) is 1. The lowest BCUT2D eigenvalue weighted by atomic mass is 10.3. The van der Waals surface area contributed by atoms with Gasteiger partial charge in [-0.05, 0) is 12.1 Å². The molecule has 0 aliphatic heterocycles. The lowest BCUT2D eigenvalue weighted by molar-refractivity contribution is -0.274. The Labute approximate surface area is 110 Å². The van der Waals surface area contributed by atoms with Gasteiger partial charge in [0.1, 0.15) is 18.1 Å². The van der Waals surface area contributed by atoms with Crippen LogP contribution in [0.25, 0.3) is 0 Å². The van der Waals surface area contributed by atoms with Gasteiger partial charge in [-0.25, -0.2) is 4.79 Å². The summed E-state index contributed by atoms with van der Waals surface area (Å²) in [5.74, 6) is -0.336. The molecule has 0 unspecified atom stereocenters. The number of carboxylic acid groups (broad SMARTS) is 1. The first-order valence-electron chi connectivity index (χ1n) is 4.93. The molecule has 2 N–H and O–H groups in total. The third-order valence-corrected chi connectivity index (χ3v) is 2.07. The average molecular weight is 300 g/mol. The fraction of sp³-hybridized carbons (Fsp3) is 0.300. The second-order valence-corrected chi connectivity index (χ2v) is 3.63. The molecular weight excluding hydrogens is 291 g/mol. The van der Waals surface area contributed by atoms with Gasteiger partial charge in [-0.15, -0.1) is 13.2 Å². The number of benzene rings is 1. The number of carbonyl (C=O) groups is 1. The van der Waals surface area contributed by atoms with E-state index in [-0.39, 0.29) is 23.9 Å². The second kappa shape index (κ2) is 6.37. The summed E-state index contributed by atoms with van der Waals surface area (Å²) in [6.07, 6.45) is -6.00. The Kier molecular flexibility index (Phi) is 5.11. The molecule has 0 saturated heterocycles. The van der Waals surface area contributed by atoms with Gasteiger partial charge in [-0.1, -0.05) is 11.6 Å². The van der Waals surface area contributed by atoms with Crippen molar-refractivity contribution in [1.29, 1.82) is 0 Å². The summed E-state index contributed by atoms with van der Waals surface area (Å²) in [6, 6.07) is 3.19.